The summed E-state index contributed by atoms with van der Waals surface area (Å²) < 4.78 is 0. The van der Waals surface area contributed by atoms with Crippen LogP contribution in [0.4, 0.5) is 0 Å². The highest BCUT2D eigenvalue weighted by molar-refractivity contribution is 6.01. The molecule has 17 aliphatic rings. The molecule has 17 aliphatic carbocycles. The molecule has 21 atom stereocenters. The molecule has 9 saturated carbocycles. The summed E-state index contributed by atoms with van der Waals surface area (Å²) in [6.45, 7) is 29.3. The second-order valence-corrected chi connectivity index (χ2v) is 42.1. The van der Waals surface area contributed by atoms with E-state index in [-0.39, 0.29) is 27.1 Å². The van der Waals surface area contributed by atoms with Crippen LogP contribution in [0.5, 0.6) is 0 Å². The minimum Gasteiger partial charge on any atom is -0.411 e. The van der Waals surface area contributed by atoms with Gasteiger partial charge in [0.15, 0.2) is 0 Å². The van der Waals surface area contributed by atoms with Crippen molar-refractivity contribution in [2.24, 2.45) is 152 Å². The second-order valence-electron chi connectivity index (χ2n) is 42.1. The number of fused-ring (bicyclic) bond motifs is 21. The van der Waals surface area contributed by atoms with Gasteiger partial charge in [0, 0.05) is 55.0 Å². The number of nitrogens with zero attached hydrogens (tertiary/aromatic N) is 8. The normalized spacial score (nSPS) is 42.5. The van der Waals surface area contributed by atoms with Gasteiger partial charge in [0.1, 0.15) is 0 Å². The van der Waals surface area contributed by atoms with E-state index in [0.29, 0.717) is 33.0 Å². The molecule has 21 rings (SSSR count). The summed E-state index contributed by atoms with van der Waals surface area (Å²) in [5.74, 6) is 9.77. The Kier molecular flexibility index (Phi) is 19.5. The van der Waals surface area contributed by atoms with E-state index in [1.807, 2.05) is 37.2 Å². The molecular formula is C102H130N8O4. The summed E-state index contributed by atoms with van der Waals surface area (Å²) in [6.07, 6.45) is 65.3. The molecule has 1 spiro atoms. The number of hydrogen-bond donors (Lipinski definition) is 4. The molecule has 0 bridgehead atoms. The fourth-order valence-electron chi connectivity index (χ4n) is 31.4. The Bertz CT molecular complexity index is 4810. The Morgan fingerprint density at radius 3 is 1.25 bits per heavy atom. The van der Waals surface area contributed by atoms with Crippen LogP contribution < -0.4 is 0 Å². The van der Waals surface area contributed by atoms with E-state index in [9.17, 15) is 20.8 Å². The average Bonchev–Trinajstić information content (AvgIpc) is 1.53. The van der Waals surface area contributed by atoms with Gasteiger partial charge < -0.3 is 20.8 Å². The quantitative estimate of drug-likeness (QED) is 0.0884. The summed E-state index contributed by atoms with van der Waals surface area (Å²) >= 11 is 0. The van der Waals surface area contributed by atoms with Gasteiger partial charge in [-0.05, 0) is 392 Å². The smallest absolute Gasteiger partial charge is 0.0824 e. The number of hydrogen-bond acceptors (Lipinski definition) is 12. The van der Waals surface area contributed by atoms with Gasteiger partial charge in [0.2, 0.25) is 0 Å². The molecule has 0 aliphatic heterocycles. The van der Waals surface area contributed by atoms with Crippen molar-refractivity contribution in [3.05, 3.63) is 191 Å². The zero-order chi connectivity index (χ0) is 79.3. The third-order valence-corrected chi connectivity index (χ3v) is 37.3. The van der Waals surface area contributed by atoms with E-state index in [2.05, 4.69) is 227 Å². The predicted octanol–water partition coefficient (Wildman–Crippen LogP) is 25.1. The number of oxime groups is 4. The molecule has 4 aromatic heterocycles. The van der Waals surface area contributed by atoms with Crippen molar-refractivity contribution in [1.82, 2.24) is 19.9 Å². The number of aromatic nitrogens is 4. The summed E-state index contributed by atoms with van der Waals surface area (Å²) in [6, 6.07) is 17.3. The van der Waals surface area contributed by atoms with Crippen LogP contribution >= 0.6 is 0 Å². The van der Waals surface area contributed by atoms with E-state index in [1.54, 1.807) is 33.4 Å². The van der Waals surface area contributed by atoms with Gasteiger partial charge in [-0.3, -0.25) is 19.9 Å². The van der Waals surface area contributed by atoms with Crippen LogP contribution in [0.15, 0.2) is 189 Å². The largest absolute Gasteiger partial charge is 0.411 e. The molecule has 12 nitrogen and oxygen atoms in total. The molecule has 1 unspecified atom stereocenters. The molecule has 9 fully saturated rings. The minimum atomic E-state index is -0.123. The van der Waals surface area contributed by atoms with Gasteiger partial charge in [-0.15, -0.1) is 0 Å². The van der Waals surface area contributed by atoms with Gasteiger partial charge in [-0.25, -0.2) is 0 Å². The molecule has 4 heterocycles. The van der Waals surface area contributed by atoms with Crippen LogP contribution in [0.2, 0.25) is 0 Å². The third-order valence-electron chi connectivity index (χ3n) is 37.3. The number of pyridine rings is 4. The topological polar surface area (TPSA) is 182 Å². The molecule has 0 saturated heterocycles. The van der Waals surface area contributed by atoms with Crippen LogP contribution in [0.3, 0.4) is 0 Å². The maximum Gasteiger partial charge on any atom is 0.0824 e. The lowest BCUT2D eigenvalue weighted by molar-refractivity contribution is -0.0389. The van der Waals surface area contributed by atoms with Gasteiger partial charge >= 0.3 is 0 Å². The van der Waals surface area contributed by atoms with Gasteiger partial charge in [0.25, 0.3) is 0 Å². The molecular weight excluding hydrogens is 1400 g/mol. The van der Waals surface area contributed by atoms with Crippen molar-refractivity contribution in [2.75, 3.05) is 0 Å². The highest BCUT2D eigenvalue weighted by atomic mass is 16.4. The lowest BCUT2D eigenvalue weighted by Crippen LogP contribution is -2.53. The lowest BCUT2D eigenvalue weighted by Gasteiger charge is -2.60. The van der Waals surface area contributed by atoms with E-state index in [0.717, 1.165) is 145 Å². The van der Waals surface area contributed by atoms with Crippen molar-refractivity contribution in [3.63, 3.8) is 0 Å². The van der Waals surface area contributed by atoms with Gasteiger partial charge in [0.05, 0.1) is 22.8 Å². The van der Waals surface area contributed by atoms with Crippen LogP contribution in [-0.2, 0) is 0 Å². The van der Waals surface area contributed by atoms with Crippen molar-refractivity contribution in [3.8, 4) is 0 Å². The molecule has 12 heteroatoms. The zero-order valence-corrected chi connectivity index (χ0v) is 70.7. The Balaban J connectivity index is 0.000000106. The van der Waals surface area contributed by atoms with E-state index >= 15 is 0 Å². The SMILES string of the molecule is CC1(C)C2=CC[C@@H]3[C@H](CC[C@]4(C)C(c5cccnc5)=CC[C@@H]34)[C@@]2(C)CC/C1=N\O.CC1=C2CC[C@@H]3[C@H](CC[C@]4(C)C(c5cccnc5)=CC[C@@H]34)[C@@]2(C)CC/C1=N\O.CC1C[C@@H]2[C@H](CC[C@]3(C)C(c4cccnc4)=CC[C@@H]23)[C@@]2(C)CCC(=NO)C=C12.C[C@]12CCC(=NO)C=C1C1(CC1)C[C@@H]1[C@@H]2CC[C@]2(C)C(c3cccnc3)=CC[C@@H]12. The fraction of sp³-hybridized carbons (Fsp3) is 0.608. The summed E-state index contributed by atoms with van der Waals surface area (Å²) in [7, 11) is 0. The van der Waals surface area contributed by atoms with Crippen LogP contribution in [0.25, 0.3) is 22.3 Å². The van der Waals surface area contributed by atoms with E-state index in [4.69, 9.17) is 0 Å². The first kappa shape index (κ1) is 77.6. The predicted molar refractivity (Wildman–Crippen MR) is 459 cm³/mol. The van der Waals surface area contributed by atoms with Gasteiger partial charge in [-0.2, -0.15) is 0 Å². The Morgan fingerprint density at radius 1 is 0.368 bits per heavy atom. The van der Waals surface area contributed by atoms with Crippen molar-refractivity contribution in [2.45, 2.75) is 256 Å². The van der Waals surface area contributed by atoms with Crippen molar-refractivity contribution in [1.29, 1.82) is 0 Å². The van der Waals surface area contributed by atoms with E-state index < -0.39 is 0 Å². The maximum atomic E-state index is 9.58. The number of rotatable bonds is 4. The monoisotopic (exact) mass is 1530 g/mol. The first-order chi connectivity index (χ1) is 54.8. The molecule has 0 amide bonds. The molecule has 0 radical (unpaired) electrons. The molecule has 4 aromatic rings. The van der Waals surface area contributed by atoms with Crippen molar-refractivity contribution >= 4 is 45.1 Å². The van der Waals surface area contributed by atoms with Crippen LogP contribution in [0, 0.1) is 131 Å². The summed E-state index contributed by atoms with van der Waals surface area (Å²) in [4.78, 5) is 17.6. The zero-order valence-electron chi connectivity index (χ0n) is 70.7. The molecule has 602 valence electrons. The Hall–Kier alpha value is -7.60. The fourth-order valence-corrected chi connectivity index (χ4v) is 31.4. The molecule has 114 heavy (non-hydrogen) atoms. The maximum absolute atomic E-state index is 9.58. The second kappa shape index (κ2) is 28.6. The third kappa shape index (κ3) is 11.9. The molecule has 0 aromatic carbocycles. The van der Waals surface area contributed by atoms with Crippen LogP contribution in [0.1, 0.15) is 279 Å². The highest BCUT2D eigenvalue weighted by Crippen LogP contribution is 2.77. The Morgan fingerprint density at radius 2 is 0.789 bits per heavy atom. The average molecular weight is 1530 g/mol. The summed E-state index contributed by atoms with van der Waals surface area (Å²) in [5.41, 5.74) is 25.3. The van der Waals surface area contributed by atoms with Crippen LogP contribution in [-0.4, -0.2) is 63.6 Å². The first-order valence-corrected chi connectivity index (χ1v) is 44.9. The first-order valence-electron chi connectivity index (χ1n) is 44.9. The molecule has 4 N–H and O–H groups in total. The highest BCUT2D eigenvalue weighted by Gasteiger charge is 2.67. The van der Waals surface area contributed by atoms with Gasteiger partial charge in [-0.1, -0.05) is 174 Å². The lowest BCUT2D eigenvalue weighted by atomic mass is 9.44. The van der Waals surface area contributed by atoms with E-state index in [1.165, 1.54) is 161 Å². The number of allylic oxidation sites excluding steroid dienone is 16. The summed E-state index contributed by atoms with van der Waals surface area (Å²) in [5, 5.41) is 52.1. The standard InChI is InChI=1S/C26H32N2O.C26H34N2O.2C25H32N2O/c1-24-10-8-22-19(21(24)6-5-20(24)17-4-3-13-27-16-17)15-26(11-12-26)23-14-18(28-29)7-9-25(22,23)2;1-24(2)22-10-7-18-20-9-8-19(17-6-5-15-27-16-17)25(20,3)13-11-21(18)26(22,4)14-12-23(24)28-29;1-16-13-19-21-7-6-20(17-5-4-12-26-15-17)24(21,2)11-9-22(19)25(3)10-8-18(27-28)14-23(16)25;1-16-19-7-6-18-21-9-8-20(17-5-4-14-26-15-17)25(21,3)12-10-22(18)24(19,2)13-11-23(16)27-28/h3-5,13-14,16,19,21-22,29H,6-12,15H2,1-2H3;5-6,8,10,15-16,18,20-21,29H,7,9,11-14H2,1-4H3;4-6,12,14-16,19,21-22,28H,7-11,13H2,1-3H3;4-5,8,14-15,18,21-22,28H,6-7,9-13H2,1-3H3/b;28-23+;;27-23+/t19-,21-,22-,24+,25+;18-,20-,21-,25+,26+;16?,19-,21-,22-,24+,25+;18-,21-,22-,24-,25+/m0000/s1. The minimum absolute atomic E-state index is 0.123. The van der Waals surface area contributed by atoms with Crippen molar-refractivity contribution < 1.29 is 20.8 Å². The Labute approximate surface area is 680 Å².